The Balaban J connectivity index is 2.50. The number of nitrogens with two attached hydrogens (primary N) is 1. The lowest BCUT2D eigenvalue weighted by Crippen LogP contribution is -2.38. The first-order valence-corrected chi connectivity index (χ1v) is 6.50. The smallest absolute Gasteiger partial charge is 0.321 e. The molecule has 0 heterocycles. The van der Waals surface area contributed by atoms with E-state index in [1.165, 1.54) is 18.8 Å². The van der Waals surface area contributed by atoms with Gasteiger partial charge in [-0.1, -0.05) is 0 Å². The standard InChI is InChI=1S/C10H12BrN3O2S/c1-13-10(16)14-9(15)5-17-8-3-2-6(12)4-7(8)11/h2-4H,5,12H2,1H3,(H2,13,14,15,16). The van der Waals surface area contributed by atoms with Gasteiger partial charge in [0.15, 0.2) is 0 Å². The van der Waals surface area contributed by atoms with Crippen molar-refractivity contribution in [2.24, 2.45) is 0 Å². The zero-order valence-corrected chi connectivity index (χ0v) is 11.5. The molecule has 0 bridgehead atoms. The van der Waals surface area contributed by atoms with Crippen molar-refractivity contribution in [2.45, 2.75) is 4.90 Å². The highest BCUT2D eigenvalue weighted by molar-refractivity contribution is 9.10. The number of rotatable bonds is 3. The molecule has 92 valence electrons. The first-order chi connectivity index (χ1) is 8.02. The second-order valence-electron chi connectivity index (χ2n) is 3.11. The number of urea groups is 1. The Bertz CT molecular complexity index is 440. The first kappa shape index (κ1) is 13.9. The Labute approximate surface area is 112 Å². The number of carbonyl (C=O) groups is 2. The van der Waals surface area contributed by atoms with Crippen molar-refractivity contribution in [1.29, 1.82) is 0 Å². The Kier molecular flexibility index (Phi) is 5.30. The van der Waals surface area contributed by atoms with Crippen LogP contribution in [-0.2, 0) is 4.79 Å². The SMILES string of the molecule is CNC(=O)NC(=O)CSc1ccc(N)cc1Br. The summed E-state index contributed by atoms with van der Waals surface area (Å²) in [5.41, 5.74) is 6.25. The van der Waals surface area contributed by atoms with Gasteiger partial charge in [0.25, 0.3) is 0 Å². The first-order valence-electron chi connectivity index (χ1n) is 4.72. The van der Waals surface area contributed by atoms with Crippen molar-refractivity contribution in [1.82, 2.24) is 10.6 Å². The zero-order valence-electron chi connectivity index (χ0n) is 9.12. The third-order valence-electron chi connectivity index (χ3n) is 1.79. The van der Waals surface area contributed by atoms with Crippen molar-refractivity contribution in [3.05, 3.63) is 22.7 Å². The van der Waals surface area contributed by atoms with Gasteiger partial charge in [-0.25, -0.2) is 4.79 Å². The van der Waals surface area contributed by atoms with Crippen LogP contribution in [0.5, 0.6) is 0 Å². The molecule has 4 N–H and O–H groups in total. The minimum absolute atomic E-state index is 0.163. The number of hydrogen-bond donors (Lipinski definition) is 3. The molecule has 17 heavy (non-hydrogen) atoms. The van der Waals surface area contributed by atoms with Crippen LogP contribution < -0.4 is 16.4 Å². The van der Waals surface area contributed by atoms with Gasteiger partial charge in [-0.3, -0.25) is 10.1 Å². The summed E-state index contributed by atoms with van der Waals surface area (Å²) in [4.78, 5) is 23.1. The Morgan fingerprint density at radius 1 is 1.47 bits per heavy atom. The molecule has 0 atom stereocenters. The lowest BCUT2D eigenvalue weighted by Gasteiger charge is -2.05. The van der Waals surface area contributed by atoms with Crippen LogP contribution in [0.4, 0.5) is 10.5 Å². The van der Waals surface area contributed by atoms with E-state index >= 15 is 0 Å². The molecule has 1 rings (SSSR count). The van der Waals surface area contributed by atoms with Crippen LogP contribution in [0.1, 0.15) is 0 Å². The number of anilines is 1. The maximum absolute atomic E-state index is 11.3. The lowest BCUT2D eigenvalue weighted by atomic mass is 10.3. The number of nitrogens with one attached hydrogen (secondary N) is 2. The van der Waals surface area contributed by atoms with Crippen molar-refractivity contribution in [2.75, 3.05) is 18.5 Å². The highest BCUT2D eigenvalue weighted by atomic mass is 79.9. The Morgan fingerprint density at radius 3 is 2.76 bits per heavy atom. The lowest BCUT2D eigenvalue weighted by molar-refractivity contribution is -0.117. The summed E-state index contributed by atoms with van der Waals surface area (Å²) in [6, 6.07) is 4.83. The molecule has 0 fully saturated rings. The van der Waals surface area contributed by atoms with Gasteiger partial charge in [0.1, 0.15) is 0 Å². The molecule has 0 unspecified atom stereocenters. The molecule has 1 aromatic rings. The van der Waals surface area contributed by atoms with Gasteiger partial charge < -0.3 is 11.1 Å². The molecule has 0 radical (unpaired) electrons. The van der Waals surface area contributed by atoms with E-state index in [0.717, 1.165) is 9.37 Å². The molecule has 5 nitrogen and oxygen atoms in total. The summed E-state index contributed by atoms with van der Waals surface area (Å²) in [7, 11) is 1.45. The molecule has 0 spiro atoms. The molecule has 1 aromatic carbocycles. The number of nitrogen functional groups attached to an aromatic ring is 1. The number of carbonyl (C=O) groups excluding carboxylic acids is 2. The van der Waals surface area contributed by atoms with Gasteiger partial charge >= 0.3 is 6.03 Å². The number of amides is 3. The van der Waals surface area contributed by atoms with Gasteiger partial charge in [-0.15, -0.1) is 11.8 Å². The number of benzene rings is 1. The van der Waals surface area contributed by atoms with E-state index in [-0.39, 0.29) is 11.7 Å². The third-order valence-corrected chi connectivity index (χ3v) is 3.79. The maximum atomic E-state index is 11.3. The summed E-state index contributed by atoms with van der Waals surface area (Å²) in [6.07, 6.45) is 0. The van der Waals surface area contributed by atoms with Crippen LogP contribution in [-0.4, -0.2) is 24.7 Å². The van der Waals surface area contributed by atoms with E-state index in [1.54, 1.807) is 12.1 Å². The Hall–Kier alpha value is -1.21. The van der Waals surface area contributed by atoms with Crippen LogP contribution in [0.15, 0.2) is 27.6 Å². The monoisotopic (exact) mass is 317 g/mol. The topological polar surface area (TPSA) is 84.2 Å². The van der Waals surface area contributed by atoms with Crippen LogP contribution in [0.2, 0.25) is 0 Å². The summed E-state index contributed by atoms with van der Waals surface area (Å²) < 4.78 is 0.829. The van der Waals surface area contributed by atoms with E-state index in [1.807, 2.05) is 6.07 Å². The highest BCUT2D eigenvalue weighted by Gasteiger charge is 2.08. The largest absolute Gasteiger partial charge is 0.399 e. The normalized spacial score (nSPS) is 9.76. The van der Waals surface area contributed by atoms with Gasteiger partial charge in [0.2, 0.25) is 5.91 Å². The van der Waals surface area contributed by atoms with Crippen molar-refractivity contribution < 1.29 is 9.59 Å². The number of imide groups is 1. The van der Waals surface area contributed by atoms with Gasteiger partial charge in [0, 0.05) is 22.1 Å². The van der Waals surface area contributed by atoms with E-state index in [0.29, 0.717) is 5.69 Å². The van der Waals surface area contributed by atoms with Crippen LogP contribution in [0, 0.1) is 0 Å². The van der Waals surface area contributed by atoms with Crippen molar-refractivity contribution in [3.63, 3.8) is 0 Å². The number of thioether (sulfide) groups is 1. The summed E-state index contributed by atoms with van der Waals surface area (Å²) >= 11 is 4.67. The summed E-state index contributed by atoms with van der Waals surface area (Å²) in [6.45, 7) is 0. The predicted molar refractivity (Wildman–Crippen MR) is 71.9 cm³/mol. The van der Waals surface area contributed by atoms with Gasteiger partial charge in [0.05, 0.1) is 5.75 Å². The minimum Gasteiger partial charge on any atom is -0.399 e. The number of hydrogen-bond acceptors (Lipinski definition) is 4. The van der Waals surface area contributed by atoms with Crippen molar-refractivity contribution >= 4 is 45.3 Å². The van der Waals surface area contributed by atoms with Gasteiger partial charge in [-0.2, -0.15) is 0 Å². The fourth-order valence-electron chi connectivity index (χ4n) is 1.00. The van der Waals surface area contributed by atoms with Crippen LogP contribution >= 0.6 is 27.7 Å². The molecule has 0 aliphatic heterocycles. The number of halogens is 1. The average Bonchev–Trinajstić information content (AvgIpc) is 2.27. The van der Waals surface area contributed by atoms with E-state index in [2.05, 4.69) is 26.6 Å². The Morgan fingerprint density at radius 2 is 2.18 bits per heavy atom. The van der Waals surface area contributed by atoms with E-state index in [4.69, 9.17) is 5.73 Å². The molecule has 3 amide bonds. The quantitative estimate of drug-likeness (QED) is 0.583. The molecule has 0 saturated heterocycles. The van der Waals surface area contributed by atoms with Crippen LogP contribution in [0.25, 0.3) is 0 Å². The maximum Gasteiger partial charge on any atom is 0.321 e. The second-order valence-corrected chi connectivity index (χ2v) is 4.98. The van der Waals surface area contributed by atoms with Gasteiger partial charge in [-0.05, 0) is 34.1 Å². The van der Waals surface area contributed by atoms with Crippen molar-refractivity contribution in [3.8, 4) is 0 Å². The molecular formula is C10H12BrN3O2S. The van der Waals surface area contributed by atoms with E-state index < -0.39 is 6.03 Å². The molecular weight excluding hydrogens is 306 g/mol. The highest BCUT2D eigenvalue weighted by Crippen LogP contribution is 2.28. The third kappa shape index (κ3) is 4.66. The molecule has 0 aromatic heterocycles. The molecule has 0 aliphatic rings. The fraction of sp³-hybridized carbons (Fsp3) is 0.200. The van der Waals surface area contributed by atoms with E-state index in [9.17, 15) is 9.59 Å². The second kappa shape index (κ2) is 6.51. The minimum atomic E-state index is -0.507. The molecule has 0 saturated carbocycles. The molecule has 7 heteroatoms. The fourth-order valence-corrected chi connectivity index (χ4v) is 2.46. The predicted octanol–water partition coefficient (Wildman–Crippen LogP) is 1.58. The zero-order chi connectivity index (χ0) is 12.8. The summed E-state index contributed by atoms with van der Waals surface area (Å²) in [5.74, 6) is -0.186. The molecule has 0 aliphatic carbocycles. The average molecular weight is 318 g/mol. The summed E-state index contributed by atoms with van der Waals surface area (Å²) in [5, 5.41) is 4.49. The van der Waals surface area contributed by atoms with Crippen LogP contribution in [0.3, 0.4) is 0 Å².